The van der Waals surface area contributed by atoms with Crippen molar-refractivity contribution < 1.29 is 9.13 Å². The molecule has 0 bridgehead atoms. The van der Waals surface area contributed by atoms with Crippen molar-refractivity contribution in [1.29, 1.82) is 0 Å². The van der Waals surface area contributed by atoms with Gasteiger partial charge in [-0.3, -0.25) is 4.99 Å². The molecule has 0 aliphatic carbocycles. The molecular formula is C14H22BrFIN3O. The Kier molecular flexibility index (Phi) is 9.39. The van der Waals surface area contributed by atoms with Gasteiger partial charge < -0.3 is 15.4 Å². The fraction of sp³-hybridized carbons (Fsp3) is 0.500. The lowest BCUT2D eigenvalue weighted by Gasteiger charge is -2.24. The molecule has 4 nitrogen and oxygen atoms in total. The minimum atomic E-state index is -0.278. The lowest BCUT2D eigenvalue weighted by Crippen LogP contribution is -2.45. The Hall–Kier alpha value is -0.410. The van der Waals surface area contributed by atoms with Gasteiger partial charge in [-0.2, -0.15) is 0 Å². The van der Waals surface area contributed by atoms with Crippen LogP contribution in [0.25, 0.3) is 0 Å². The third kappa shape index (κ3) is 7.96. The second-order valence-electron chi connectivity index (χ2n) is 5.02. The zero-order valence-corrected chi connectivity index (χ0v) is 16.6. The Morgan fingerprint density at radius 1 is 1.33 bits per heavy atom. The van der Waals surface area contributed by atoms with Gasteiger partial charge in [0.1, 0.15) is 5.82 Å². The number of halogens is 3. The number of hydrogen-bond acceptors (Lipinski definition) is 2. The molecule has 0 fully saturated rings. The van der Waals surface area contributed by atoms with Crippen LogP contribution in [0.5, 0.6) is 0 Å². The van der Waals surface area contributed by atoms with Gasteiger partial charge in [0.15, 0.2) is 5.96 Å². The molecule has 0 aromatic heterocycles. The van der Waals surface area contributed by atoms with Gasteiger partial charge in [0, 0.05) is 31.7 Å². The zero-order valence-electron chi connectivity index (χ0n) is 12.7. The highest BCUT2D eigenvalue weighted by Gasteiger charge is 2.16. The molecule has 0 radical (unpaired) electrons. The third-order valence-corrected chi connectivity index (χ3v) is 3.30. The molecule has 0 aliphatic rings. The Morgan fingerprint density at radius 3 is 2.52 bits per heavy atom. The maximum absolute atomic E-state index is 13.3. The summed E-state index contributed by atoms with van der Waals surface area (Å²) in [5.74, 6) is 0.384. The van der Waals surface area contributed by atoms with Crippen LogP contribution in [0.15, 0.2) is 27.7 Å². The van der Waals surface area contributed by atoms with Crippen LogP contribution in [0.2, 0.25) is 0 Å². The fourth-order valence-electron chi connectivity index (χ4n) is 1.49. The summed E-state index contributed by atoms with van der Waals surface area (Å²) >= 11 is 3.27. The average molecular weight is 474 g/mol. The van der Waals surface area contributed by atoms with Crippen molar-refractivity contribution in [3.63, 3.8) is 0 Å². The van der Waals surface area contributed by atoms with Crippen molar-refractivity contribution in [1.82, 2.24) is 10.6 Å². The van der Waals surface area contributed by atoms with Crippen molar-refractivity contribution in [2.75, 3.05) is 20.7 Å². The van der Waals surface area contributed by atoms with Crippen LogP contribution in [-0.4, -0.2) is 32.3 Å². The summed E-state index contributed by atoms with van der Waals surface area (Å²) in [5, 5.41) is 6.30. The van der Waals surface area contributed by atoms with E-state index < -0.39 is 0 Å². The number of aliphatic imine (C=N–C) groups is 1. The maximum Gasteiger partial charge on any atom is 0.191 e. The number of rotatable bonds is 5. The van der Waals surface area contributed by atoms with Gasteiger partial charge in [-0.1, -0.05) is 15.9 Å². The van der Waals surface area contributed by atoms with E-state index in [2.05, 4.69) is 31.6 Å². The molecular weight excluding hydrogens is 452 g/mol. The fourth-order valence-corrected chi connectivity index (χ4v) is 2.00. The molecule has 0 heterocycles. The van der Waals surface area contributed by atoms with Gasteiger partial charge >= 0.3 is 0 Å². The number of guanidine groups is 1. The Labute approximate surface area is 151 Å². The van der Waals surface area contributed by atoms with Gasteiger partial charge in [-0.05, 0) is 37.6 Å². The summed E-state index contributed by atoms with van der Waals surface area (Å²) in [7, 11) is 3.36. The molecule has 1 aromatic carbocycles. The molecule has 0 amide bonds. The average Bonchev–Trinajstić information content (AvgIpc) is 2.38. The third-order valence-electron chi connectivity index (χ3n) is 2.84. The van der Waals surface area contributed by atoms with Crippen LogP contribution in [0, 0.1) is 5.82 Å². The van der Waals surface area contributed by atoms with Gasteiger partial charge in [-0.15, -0.1) is 24.0 Å². The minimum absolute atomic E-state index is 0. The first kappa shape index (κ1) is 20.6. The van der Waals surface area contributed by atoms with Crippen LogP contribution in [-0.2, 0) is 11.3 Å². The highest BCUT2D eigenvalue weighted by atomic mass is 127. The number of ether oxygens (including phenoxy) is 1. The predicted octanol–water partition coefficient (Wildman–Crippen LogP) is 3.30. The summed E-state index contributed by atoms with van der Waals surface area (Å²) in [6, 6.07) is 4.78. The first-order chi connectivity index (χ1) is 9.36. The largest absolute Gasteiger partial charge is 0.377 e. The van der Waals surface area contributed by atoms with E-state index in [-0.39, 0.29) is 35.4 Å². The zero-order chi connectivity index (χ0) is 15.2. The lowest BCUT2D eigenvalue weighted by molar-refractivity contribution is 0.0268. The van der Waals surface area contributed by atoms with E-state index in [1.54, 1.807) is 14.2 Å². The molecule has 0 saturated heterocycles. The molecule has 2 N–H and O–H groups in total. The predicted molar refractivity (Wildman–Crippen MR) is 98.8 cm³/mol. The highest BCUT2D eigenvalue weighted by Crippen LogP contribution is 2.14. The minimum Gasteiger partial charge on any atom is -0.377 e. The van der Waals surface area contributed by atoms with E-state index >= 15 is 0 Å². The molecule has 0 aliphatic heterocycles. The summed E-state index contributed by atoms with van der Waals surface area (Å²) in [5.41, 5.74) is 0.560. The molecule has 0 saturated carbocycles. The highest BCUT2D eigenvalue weighted by molar-refractivity contribution is 14.0. The van der Waals surface area contributed by atoms with Crippen LogP contribution < -0.4 is 10.6 Å². The molecule has 120 valence electrons. The number of hydrogen-bond donors (Lipinski definition) is 2. The van der Waals surface area contributed by atoms with Crippen LogP contribution in [0.3, 0.4) is 0 Å². The van der Waals surface area contributed by atoms with E-state index in [0.29, 0.717) is 19.0 Å². The summed E-state index contributed by atoms with van der Waals surface area (Å²) in [4.78, 5) is 4.12. The molecule has 7 heteroatoms. The monoisotopic (exact) mass is 473 g/mol. The van der Waals surface area contributed by atoms with Gasteiger partial charge in [0.2, 0.25) is 0 Å². The van der Waals surface area contributed by atoms with Crippen molar-refractivity contribution in [2.45, 2.75) is 26.0 Å². The Morgan fingerprint density at radius 2 is 2.00 bits per heavy atom. The Bertz CT molecular complexity index is 463. The second kappa shape index (κ2) is 9.58. The number of benzene rings is 1. The van der Waals surface area contributed by atoms with Crippen LogP contribution in [0.1, 0.15) is 19.4 Å². The standard InChI is InChI=1S/C14H21BrFN3O.HI/c1-14(2,20-4)9-19-13(17-3)18-8-10-5-11(15)7-12(16)6-10;/h5-7H,8-9H2,1-4H3,(H2,17,18,19);1H. The van der Waals surface area contributed by atoms with Crippen LogP contribution in [0.4, 0.5) is 4.39 Å². The molecule has 0 unspecified atom stereocenters. The van der Waals surface area contributed by atoms with Gasteiger partial charge in [0.05, 0.1) is 5.60 Å². The number of nitrogens with one attached hydrogen (secondary N) is 2. The molecule has 0 atom stereocenters. The molecule has 1 aromatic rings. The van der Waals surface area contributed by atoms with E-state index in [4.69, 9.17) is 4.74 Å². The van der Waals surface area contributed by atoms with Crippen LogP contribution >= 0.6 is 39.9 Å². The normalized spacial score (nSPS) is 11.8. The van der Waals surface area contributed by atoms with Crippen molar-refractivity contribution in [2.24, 2.45) is 4.99 Å². The Balaban J connectivity index is 0.00000400. The summed E-state index contributed by atoms with van der Waals surface area (Å²) in [6.45, 7) is 5.08. The van der Waals surface area contributed by atoms with Crippen molar-refractivity contribution in [3.8, 4) is 0 Å². The molecule has 0 spiro atoms. The number of nitrogens with zero attached hydrogens (tertiary/aromatic N) is 1. The number of methoxy groups -OCH3 is 1. The maximum atomic E-state index is 13.3. The molecule has 1 rings (SSSR count). The topological polar surface area (TPSA) is 45.7 Å². The lowest BCUT2D eigenvalue weighted by atomic mass is 10.1. The summed E-state index contributed by atoms with van der Waals surface area (Å²) < 4.78 is 19.3. The van der Waals surface area contributed by atoms with E-state index in [1.165, 1.54) is 12.1 Å². The first-order valence-electron chi connectivity index (χ1n) is 6.31. The SMILES string of the molecule is CN=C(NCc1cc(F)cc(Br)c1)NCC(C)(C)OC.I. The van der Waals surface area contributed by atoms with E-state index in [1.807, 2.05) is 19.9 Å². The quantitative estimate of drug-likeness (QED) is 0.392. The van der Waals surface area contributed by atoms with Gasteiger partial charge in [0.25, 0.3) is 0 Å². The van der Waals surface area contributed by atoms with E-state index in [9.17, 15) is 4.39 Å². The second-order valence-corrected chi connectivity index (χ2v) is 5.94. The smallest absolute Gasteiger partial charge is 0.191 e. The van der Waals surface area contributed by atoms with Gasteiger partial charge in [-0.25, -0.2) is 4.39 Å². The molecule has 21 heavy (non-hydrogen) atoms. The first-order valence-corrected chi connectivity index (χ1v) is 7.10. The summed E-state index contributed by atoms with van der Waals surface area (Å²) in [6.07, 6.45) is 0. The van der Waals surface area contributed by atoms with Crippen molar-refractivity contribution >= 4 is 45.9 Å². The van der Waals surface area contributed by atoms with E-state index in [0.717, 1.165) is 10.0 Å². The van der Waals surface area contributed by atoms with Crippen molar-refractivity contribution in [3.05, 3.63) is 34.1 Å².